The third kappa shape index (κ3) is 4.03. The van der Waals surface area contributed by atoms with Crippen LogP contribution in [0.4, 0.5) is 16.2 Å². The van der Waals surface area contributed by atoms with Gasteiger partial charge in [-0.3, -0.25) is 4.72 Å². The lowest BCUT2D eigenvalue weighted by molar-refractivity contribution is 0.177. The number of ether oxygens (including phenoxy) is 1. The molecule has 100 valence electrons. The SMILES string of the molecule is COC(=O)NS(=O)(=O)Nc1c(Br)cc(N)cc1Br. The average molecular weight is 403 g/mol. The fraction of sp³-hybridized carbons (Fsp3) is 0.125. The normalized spacial score (nSPS) is 10.8. The van der Waals surface area contributed by atoms with E-state index in [1.165, 1.54) is 12.1 Å². The number of nitrogen functional groups attached to an aromatic ring is 1. The minimum absolute atomic E-state index is 0.209. The molecule has 0 aliphatic carbocycles. The van der Waals surface area contributed by atoms with Crippen molar-refractivity contribution in [3.8, 4) is 0 Å². The molecule has 0 spiro atoms. The van der Waals surface area contributed by atoms with E-state index in [-0.39, 0.29) is 5.69 Å². The zero-order valence-corrected chi connectivity index (χ0v) is 13.0. The van der Waals surface area contributed by atoms with Crippen LogP contribution in [-0.4, -0.2) is 21.6 Å². The molecule has 0 aliphatic heterocycles. The van der Waals surface area contributed by atoms with Crippen molar-refractivity contribution in [2.75, 3.05) is 17.6 Å². The van der Waals surface area contributed by atoms with E-state index in [9.17, 15) is 13.2 Å². The summed E-state index contributed by atoms with van der Waals surface area (Å²) in [6, 6.07) is 3.03. The van der Waals surface area contributed by atoms with Crippen LogP contribution in [0.3, 0.4) is 0 Å². The minimum Gasteiger partial charge on any atom is -0.452 e. The van der Waals surface area contributed by atoms with Gasteiger partial charge < -0.3 is 10.5 Å². The first kappa shape index (κ1) is 15.1. The van der Waals surface area contributed by atoms with Gasteiger partial charge in [-0.1, -0.05) is 0 Å². The fourth-order valence-corrected chi connectivity index (χ4v) is 3.53. The first-order chi connectivity index (χ1) is 8.25. The summed E-state index contributed by atoms with van der Waals surface area (Å²) >= 11 is 6.31. The lowest BCUT2D eigenvalue weighted by Crippen LogP contribution is -2.35. The number of hydrogen-bond donors (Lipinski definition) is 3. The molecule has 1 rings (SSSR count). The second-order valence-electron chi connectivity index (χ2n) is 3.06. The van der Waals surface area contributed by atoms with Crippen LogP contribution in [0.25, 0.3) is 0 Å². The third-order valence-corrected chi connectivity index (χ3v) is 3.86. The van der Waals surface area contributed by atoms with Gasteiger partial charge >= 0.3 is 16.3 Å². The average Bonchev–Trinajstić information content (AvgIpc) is 2.22. The molecule has 0 fully saturated rings. The molecule has 1 amide bonds. The smallest absolute Gasteiger partial charge is 0.422 e. The Morgan fingerprint density at radius 2 is 1.83 bits per heavy atom. The van der Waals surface area contributed by atoms with Crippen LogP contribution in [0.1, 0.15) is 0 Å². The van der Waals surface area contributed by atoms with E-state index in [1.807, 2.05) is 0 Å². The monoisotopic (exact) mass is 401 g/mol. The Morgan fingerprint density at radius 3 is 2.28 bits per heavy atom. The molecule has 0 saturated carbocycles. The van der Waals surface area contributed by atoms with Crippen LogP contribution in [0.5, 0.6) is 0 Å². The molecular weight excluding hydrogens is 394 g/mol. The van der Waals surface area contributed by atoms with Crippen molar-refractivity contribution in [3.05, 3.63) is 21.1 Å². The highest BCUT2D eigenvalue weighted by Crippen LogP contribution is 2.33. The maximum absolute atomic E-state index is 11.6. The highest BCUT2D eigenvalue weighted by molar-refractivity contribution is 9.11. The number of nitrogens with one attached hydrogen (secondary N) is 2. The molecule has 0 atom stereocenters. The van der Waals surface area contributed by atoms with Crippen molar-refractivity contribution in [2.24, 2.45) is 0 Å². The van der Waals surface area contributed by atoms with Gasteiger partial charge in [0.25, 0.3) is 0 Å². The van der Waals surface area contributed by atoms with Gasteiger partial charge in [-0.15, -0.1) is 0 Å². The van der Waals surface area contributed by atoms with E-state index in [2.05, 4.69) is 41.3 Å². The molecule has 1 aromatic rings. The van der Waals surface area contributed by atoms with Gasteiger partial charge in [0.15, 0.2) is 0 Å². The molecule has 18 heavy (non-hydrogen) atoms. The topological polar surface area (TPSA) is 111 Å². The first-order valence-electron chi connectivity index (χ1n) is 4.38. The second kappa shape index (κ2) is 5.76. The molecule has 0 bridgehead atoms. The van der Waals surface area contributed by atoms with Crippen LogP contribution in [0.2, 0.25) is 0 Å². The van der Waals surface area contributed by atoms with Gasteiger partial charge in [-0.2, -0.15) is 8.42 Å². The molecule has 0 aromatic heterocycles. The van der Waals surface area contributed by atoms with Crippen LogP contribution in [0.15, 0.2) is 21.1 Å². The standard InChI is InChI=1S/C8H9Br2N3O4S/c1-17-8(14)13-18(15,16)12-7-5(9)2-4(11)3-6(7)10/h2-3,12H,11H2,1H3,(H,13,14). The Kier molecular flexibility index (Phi) is 4.82. The van der Waals surface area contributed by atoms with Crippen LogP contribution in [0, 0.1) is 0 Å². The molecule has 10 heteroatoms. The highest BCUT2D eigenvalue weighted by Gasteiger charge is 2.18. The number of halogens is 2. The summed E-state index contributed by atoms with van der Waals surface area (Å²) in [6.45, 7) is 0. The maximum atomic E-state index is 11.6. The molecule has 0 saturated heterocycles. The van der Waals surface area contributed by atoms with E-state index >= 15 is 0 Å². The van der Waals surface area contributed by atoms with E-state index in [4.69, 9.17) is 5.73 Å². The second-order valence-corrected chi connectivity index (χ2v) is 6.18. The van der Waals surface area contributed by atoms with E-state index in [0.717, 1.165) is 7.11 Å². The number of carbonyl (C=O) groups excluding carboxylic acids is 1. The Balaban J connectivity index is 3.01. The molecule has 0 unspecified atom stereocenters. The number of amides is 1. The Morgan fingerprint density at radius 1 is 1.33 bits per heavy atom. The number of methoxy groups -OCH3 is 1. The fourth-order valence-electron chi connectivity index (χ4n) is 1.00. The van der Waals surface area contributed by atoms with Gasteiger partial charge in [0, 0.05) is 14.6 Å². The zero-order valence-electron chi connectivity index (χ0n) is 9.03. The number of nitrogens with two attached hydrogens (primary N) is 1. The molecule has 0 radical (unpaired) electrons. The first-order valence-corrected chi connectivity index (χ1v) is 7.45. The summed E-state index contributed by atoms with van der Waals surface area (Å²) in [6.07, 6.45) is -1.09. The van der Waals surface area contributed by atoms with Crippen molar-refractivity contribution >= 4 is 59.5 Å². The van der Waals surface area contributed by atoms with Crippen molar-refractivity contribution < 1.29 is 17.9 Å². The van der Waals surface area contributed by atoms with E-state index in [0.29, 0.717) is 14.6 Å². The quantitative estimate of drug-likeness (QED) is 0.667. The molecule has 4 N–H and O–H groups in total. The summed E-state index contributed by atoms with van der Waals surface area (Å²) < 4.78 is 32.0. The predicted octanol–water partition coefficient (Wildman–Crippen LogP) is 1.81. The van der Waals surface area contributed by atoms with Gasteiger partial charge in [-0.25, -0.2) is 9.52 Å². The summed E-state index contributed by atoms with van der Waals surface area (Å²) in [5.74, 6) is 0. The Labute approximate surface area is 121 Å². The molecule has 0 aliphatic rings. The third-order valence-electron chi connectivity index (χ3n) is 1.70. The number of benzene rings is 1. The lowest BCUT2D eigenvalue weighted by Gasteiger charge is -2.12. The number of anilines is 2. The Hall–Kier alpha value is -1.000. The number of carbonyl (C=O) groups is 1. The van der Waals surface area contributed by atoms with Crippen molar-refractivity contribution in [3.63, 3.8) is 0 Å². The van der Waals surface area contributed by atoms with Crippen molar-refractivity contribution in [1.29, 1.82) is 0 Å². The molecule has 0 heterocycles. The molecular formula is C8H9Br2N3O4S. The number of hydrogen-bond acceptors (Lipinski definition) is 5. The van der Waals surface area contributed by atoms with Gasteiger partial charge in [0.05, 0.1) is 12.8 Å². The zero-order chi connectivity index (χ0) is 13.9. The molecule has 7 nitrogen and oxygen atoms in total. The van der Waals surface area contributed by atoms with Crippen LogP contribution in [-0.2, 0) is 14.9 Å². The van der Waals surface area contributed by atoms with Crippen LogP contribution >= 0.6 is 31.9 Å². The summed E-state index contributed by atoms with van der Waals surface area (Å²) in [5, 5.41) is 0. The largest absolute Gasteiger partial charge is 0.452 e. The maximum Gasteiger partial charge on any atom is 0.422 e. The van der Waals surface area contributed by atoms with Gasteiger partial charge in [0.2, 0.25) is 0 Å². The molecule has 1 aromatic carbocycles. The van der Waals surface area contributed by atoms with E-state index in [1.54, 1.807) is 4.72 Å². The highest BCUT2D eigenvalue weighted by atomic mass is 79.9. The van der Waals surface area contributed by atoms with E-state index < -0.39 is 16.3 Å². The predicted molar refractivity (Wildman–Crippen MR) is 74.3 cm³/mol. The van der Waals surface area contributed by atoms with Crippen molar-refractivity contribution in [2.45, 2.75) is 0 Å². The summed E-state index contributed by atoms with van der Waals surface area (Å²) in [4.78, 5) is 10.8. The number of rotatable bonds is 3. The lowest BCUT2D eigenvalue weighted by atomic mass is 10.3. The van der Waals surface area contributed by atoms with Crippen LogP contribution < -0.4 is 15.2 Å². The van der Waals surface area contributed by atoms with Gasteiger partial charge in [-0.05, 0) is 44.0 Å². The Bertz CT molecular complexity index is 553. The summed E-state index contributed by atoms with van der Waals surface area (Å²) in [7, 11) is -3.02. The minimum atomic E-state index is -4.08. The van der Waals surface area contributed by atoms with Crippen molar-refractivity contribution in [1.82, 2.24) is 4.72 Å². The van der Waals surface area contributed by atoms with Gasteiger partial charge in [0.1, 0.15) is 0 Å². The summed E-state index contributed by atoms with van der Waals surface area (Å²) in [5.41, 5.74) is 6.22.